The summed E-state index contributed by atoms with van der Waals surface area (Å²) in [4.78, 5) is 30.3. The highest BCUT2D eigenvalue weighted by molar-refractivity contribution is 7.18. The molecule has 0 N–H and O–H groups in total. The molecule has 3 aromatic heterocycles. The monoisotopic (exact) mass is 496 g/mol. The number of likely N-dealkylation sites (tertiary alicyclic amines) is 1. The Kier molecular flexibility index (Phi) is 7.28. The Bertz CT molecular complexity index is 1180. The van der Waals surface area contributed by atoms with Crippen molar-refractivity contribution in [1.82, 2.24) is 19.9 Å². The summed E-state index contributed by atoms with van der Waals surface area (Å²) in [6, 6.07) is 1.93. The zero-order valence-corrected chi connectivity index (χ0v) is 21.7. The maximum Gasteiger partial charge on any atom is 0.143 e. The van der Waals surface area contributed by atoms with Gasteiger partial charge in [0.1, 0.15) is 16.1 Å². The molecule has 0 atom stereocenters. The quantitative estimate of drug-likeness (QED) is 0.366. The second-order valence-corrected chi connectivity index (χ2v) is 11.8. The van der Waals surface area contributed by atoms with E-state index in [0.29, 0.717) is 23.8 Å². The number of ketones is 1. The molecule has 0 aromatic carbocycles. The van der Waals surface area contributed by atoms with E-state index in [4.69, 9.17) is 16.6 Å². The Morgan fingerprint density at radius 1 is 1.15 bits per heavy atom. The maximum atomic E-state index is 13.0. The number of carbonyl (C=O) groups is 1. The van der Waals surface area contributed by atoms with Crippen LogP contribution in [-0.2, 0) is 24.1 Å². The number of pyridine rings is 2. The third-order valence-corrected chi connectivity index (χ3v) is 8.47. The van der Waals surface area contributed by atoms with Crippen molar-refractivity contribution in [3.63, 3.8) is 0 Å². The summed E-state index contributed by atoms with van der Waals surface area (Å²) >= 11 is 8.18. The smallest absolute Gasteiger partial charge is 0.143 e. The number of hydrogen-bond acceptors (Lipinski definition) is 6. The molecule has 0 spiro atoms. The van der Waals surface area contributed by atoms with Gasteiger partial charge in [-0.25, -0.2) is 9.97 Å². The number of rotatable bonds is 9. The normalized spacial score (nSPS) is 17.5. The number of nitrogens with zero attached hydrogens (tertiary/aromatic N) is 4. The fraction of sp³-hybridized carbons (Fsp3) is 0.556. The largest absolute Gasteiger partial charge is 0.306 e. The predicted octanol–water partition coefficient (Wildman–Crippen LogP) is 5.94. The van der Waals surface area contributed by atoms with E-state index in [1.54, 1.807) is 11.3 Å². The summed E-state index contributed by atoms with van der Waals surface area (Å²) in [5, 5.41) is 1.72. The van der Waals surface area contributed by atoms with Gasteiger partial charge < -0.3 is 4.90 Å². The summed E-state index contributed by atoms with van der Waals surface area (Å²) in [5.41, 5.74) is 5.13. The number of aryl methyl sites for hydroxylation is 2. The molecule has 5 rings (SSSR count). The Labute approximate surface area is 211 Å². The van der Waals surface area contributed by atoms with Gasteiger partial charge in [0.15, 0.2) is 0 Å². The van der Waals surface area contributed by atoms with Gasteiger partial charge in [0.05, 0.1) is 15.7 Å². The Balaban J connectivity index is 1.18. The fourth-order valence-electron chi connectivity index (χ4n) is 5.20. The molecule has 0 bridgehead atoms. The maximum absolute atomic E-state index is 13.0. The van der Waals surface area contributed by atoms with Gasteiger partial charge in [-0.3, -0.25) is 9.78 Å². The topological polar surface area (TPSA) is 59.0 Å². The molecule has 0 radical (unpaired) electrons. The fourth-order valence-corrected chi connectivity index (χ4v) is 6.26. The summed E-state index contributed by atoms with van der Waals surface area (Å²) in [5.74, 6) is 1.52. The lowest BCUT2D eigenvalue weighted by atomic mass is 9.91. The van der Waals surface area contributed by atoms with Gasteiger partial charge in [0.25, 0.3) is 0 Å². The first-order chi connectivity index (χ1) is 16.5. The molecule has 2 fully saturated rings. The van der Waals surface area contributed by atoms with Crippen LogP contribution in [0.1, 0.15) is 71.8 Å². The molecule has 3 aromatic rings. The van der Waals surface area contributed by atoms with E-state index < -0.39 is 0 Å². The van der Waals surface area contributed by atoms with Gasteiger partial charge in [-0.15, -0.1) is 0 Å². The number of carbonyl (C=O) groups excluding carboxylic acids is 1. The first-order valence-corrected chi connectivity index (χ1v) is 13.7. The number of piperidine rings is 1. The Morgan fingerprint density at radius 2 is 1.94 bits per heavy atom. The molecule has 5 nitrogen and oxygen atoms in total. The van der Waals surface area contributed by atoms with Crippen molar-refractivity contribution in [2.45, 2.75) is 70.6 Å². The first kappa shape index (κ1) is 23.8. The lowest BCUT2D eigenvalue weighted by Crippen LogP contribution is -2.30. The molecule has 180 valence electrons. The van der Waals surface area contributed by atoms with Crippen molar-refractivity contribution >= 4 is 39.1 Å². The number of Topliss-reactive ketones (excluding diaryl/α,β-unsaturated/α-hetero) is 1. The van der Waals surface area contributed by atoms with Crippen molar-refractivity contribution in [2.24, 2.45) is 5.92 Å². The van der Waals surface area contributed by atoms with Crippen molar-refractivity contribution < 1.29 is 4.79 Å². The van der Waals surface area contributed by atoms with Crippen molar-refractivity contribution in [2.75, 3.05) is 20.1 Å². The van der Waals surface area contributed by atoms with E-state index >= 15 is 0 Å². The SMILES string of the molecule is Cc1nc2c(C3CC3)c(CC(=O)Cc3cnc(CCCC4CCN(C)CC4)c(Cl)c3)cnc2s1. The van der Waals surface area contributed by atoms with Crippen molar-refractivity contribution in [1.29, 1.82) is 0 Å². The number of hydrogen-bond donors (Lipinski definition) is 0. The highest BCUT2D eigenvalue weighted by Gasteiger charge is 2.30. The van der Waals surface area contributed by atoms with Crippen LogP contribution in [0.25, 0.3) is 10.3 Å². The van der Waals surface area contributed by atoms with Crippen LogP contribution in [0.15, 0.2) is 18.5 Å². The van der Waals surface area contributed by atoms with Crippen LogP contribution in [0.5, 0.6) is 0 Å². The Hall–Kier alpha value is -1.89. The summed E-state index contributed by atoms with van der Waals surface area (Å²) in [6.07, 6.45) is 12.7. The molecule has 4 heterocycles. The standard InChI is InChI=1S/C27H33ClN4OS/c1-17-31-26-25(20-6-7-20)21(16-30-27(26)34-17)14-22(33)12-19-13-23(28)24(29-15-19)5-3-4-18-8-10-32(2)11-9-18/h13,15-16,18,20H,3-12,14H2,1-2H3. The number of fused-ring (bicyclic) bond motifs is 1. The average molecular weight is 497 g/mol. The third kappa shape index (κ3) is 5.67. The third-order valence-electron chi connectivity index (χ3n) is 7.27. The van der Waals surface area contributed by atoms with E-state index in [9.17, 15) is 4.79 Å². The second-order valence-electron chi connectivity index (χ2n) is 10.2. The number of aromatic nitrogens is 3. The molecule has 0 amide bonds. The second kappa shape index (κ2) is 10.4. The summed E-state index contributed by atoms with van der Waals surface area (Å²) in [7, 11) is 2.20. The minimum atomic E-state index is 0.169. The predicted molar refractivity (Wildman–Crippen MR) is 139 cm³/mol. The number of halogens is 1. The molecule has 1 aliphatic heterocycles. The van der Waals surface area contributed by atoms with E-state index in [2.05, 4.69) is 21.9 Å². The first-order valence-electron chi connectivity index (χ1n) is 12.5. The lowest BCUT2D eigenvalue weighted by molar-refractivity contribution is -0.117. The number of thiazole rings is 1. The van der Waals surface area contributed by atoms with E-state index in [0.717, 1.165) is 50.9 Å². The van der Waals surface area contributed by atoms with Gasteiger partial charge in [-0.2, -0.15) is 0 Å². The summed E-state index contributed by atoms with van der Waals surface area (Å²) in [6.45, 7) is 4.44. The molecular weight excluding hydrogens is 464 g/mol. The molecule has 34 heavy (non-hydrogen) atoms. The van der Waals surface area contributed by atoms with E-state index in [-0.39, 0.29) is 5.78 Å². The molecule has 1 saturated carbocycles. The molecular formula is C27H33ClN4OS. The molecule has 1 aliphatic carbocycles. The molecule has 1 saturated heterocycles. The van der Waals surface area contributed by atoms with E-state index in [1.165, 1.54) is 50.8 Å². The highest BCUT2D eigenvalue weighted by atomic mass is 35.5. The summed E-state index contributed by atoms with van der Waals surface area (Å²) < 4.78 is 0. The van der Waals surface area contributed by atoms with Crippen LogP contribution in [0.4, 0.5) is 0 Å². The minimum absolute atomic E-state index is 0.169. The van der Waals surface area contributed by atoms with Crippen LogP contribution in [0.2, 0.25) is 5.02 Å². The van der Waals surface area contributed by atoms with Gasteiger partial charge in [0.2, 0.25) is 0 Å². The zero-order valence-electron chi connectivity index (χ0n) is 20.1. The molecule has 2 aliphatic rings. The minimum Gasteiger partial charge on any atom is -0.306 e. The molecule has 7 heteroatoms. The van der Waals surface area contributed by atoms with Crippen LogP contribution < -0.4 is 0 Å². The average Bonchev–Trinajstić information content (AvgIpc) is 3.56. The zero-order chi connectivity index (χ0) is 23.7. The lowest BCUT2D eigenvalue weighted by Gasteiger charge is -2.28. The highest BCUT2D eigenvalue weighted by Crippen LogP contribution is 2.45. The van der Waals surface area contributed by atoms with Crippen LogP contribution in [0, 0.1) is 12.8 Å². The van der Waals surface area contributed by atoms with Gasteiger partial charge >= 0.3 is 0 Å². The van der Waals surface area contributed by atoms with Crippen molar-refractivity contribution in [3.8, 4) is 0 Å². The van der Waals surface area contributed by atoms with Gasteiger partial charge in [0, 0.05) is 25.2 Å². The van der Waals surface area contributed by atoms with Crippen LogP contribution in [0.3, 0.4) is 0 Å². The molecule has 0 unspecified atom stereocenters. The van der Waals surface area contributed by atoms with Crippen LogP contribution >= 0.6 is 22.9 Å². The van der Waals surface area contributed by atoms with Gasteiger partial charge in [-0.05, 0) is 107 Å². The Morgan fingerprint density at radius 3 is 2.68 bits per heavy atom. The van der Waals surface area contributed by atoms with E-state index in [1.807, 2.05) is 25.4 Å². The van der Waals surface area contributed by atoms with Crippen LogP contribution in [-0.4, -0.2) is 45.8 Å². The van der Waals surface area contributed by atoms with Crippen molar-refractivity contribution in [3.05, 3.63) is 50.9 Å². The van der Waals surface area contributed by atoms with Gasteiger partial charge in [-0.1, -0.05) is 22.9 Å².